The molecule has 1 atom stereocenters. The van der Waals surface area contributed by atoms with Crippen molar-refractivity contribution < 1.29 is 13.2 Å². The summed E-state index contributed by atoms with van der Waals surface area (Å²) >= 11 is 0. The quantitative estimate of drug-likeness (QED) is 0.827. The third-order valence-corrected chi connectivity index (χ3v) is 1.99. The minimum Gasteiger partial charge on any atom is -0.320 e. The molecule has 1 rings (SSSR count). The van der Waals surface area contributed by atoms with E-state index in [1.807, 2.05) is 0 Å². The largest absolute Gasteiger partial charge is 0.405 e. The van der Waals surface area contributed by atoms with Crippen molar-refractivity contribution in [2.24, 2.45) is 13.0 Å². The van der Waals surface area contributed by atoms with E-state index in [2.05, 4.69) is 15.5 Å². The Morgan fingerprint density at radius 3 is 2.75 bits per heavy atom. The lowest BCUT2D eigenvalue weighted by Crippen LogP contribution is -2.32. The highest BCUT2D eigenvalue weighted by Gasteiger charge is 2.39. The van der Waals surface area contributed by atoms with Crippen molar-refractivity contribution in [3.8, 4) is 6.07 Å². The second-order valence-electron chi connectivity index (χ2n) is 3.21. The minimum absolute atomic E-state index is 0.144. The van der Waals surface area contributed by atoms with Crippen molar-refractivity contribution >= 4 is 0 Å². The predicted octanol–water partition coefficient (Wildman–Crippen LogP) is 0.607. The third kappa shape index (κ3) is 3.20. The molecule has 1 N–H and O–H groups in total. The second-order valence-corrected chi connectivity index (χ2v) is 3.21. The molecule has 0 saturated carbocycles. The van der Waals surface area contributed by atoms with Gasteiger partial charge in [-0.15, -0.1) is 10.2 Å². The third-order valence-electron chi connectivity index (χ3n) is 1.99. The zero-order valence-corrected chi connectivity index (χ0v) is 8.49. The Balaban J connectivity index is 2.41. The van der Waals surface area contributed by atoms with Crippen LogP contribution < -0.4 is 5.32 Å². The van der Waals surface area contributed by atoms with Gasteiger partial charge in [0.05, 0.1) is 12.6 Å². The summed E-state index contributed by atoms with van der Waals surface area (Å²) in [6, 6.07) is 1.21. The molecule has 0 radical (unpaired) electrons. The zero-order chi connectivity index (χ0) is 12.2. The number of hydrogen-bond donors (Lipinski definition) is 1. The van der Waals surface area contributed by atoms with E-state index in [0.717, 1.165) is 0 Å². The van der Waals surface area contributed by atoms with Crippen molar-refractivity contribution in [3.05, 3.63) is 12.2 Å². The van der Waals surface area contributed by atoms with E-state index in [4.69, 9.17) is 5.26 Å². The molecule has 5 nitrogen and oxygen atoms in total. The molecule has 0 aliphatic rings. The Morgan fingerprint density at radius 1 is 1.62 bits per heavy atom. The van der Waals surface area contributed by atoms with Crippen molar-refractivity contribution in [2.45, 2.75) is 12.7 Å². The van der Waals surface area contributed by atoms with E-state index in [-0.39, 0.29) is 6.54 Å². The molecule has 0 aliphatic carbocycles. The number of rotatable bonds is 4. The average Bonchev–Trinajstić information content (AvgIpc) is 2.57. The van der Waals surface area contributed by atoms with E-state index < -0.39 is 18.6 Å². The lowest BCUT2D eigenvalue weighted by molar-refractivity contribution is -0.157. The average molecular weight is 233 g/mol. The highest BCUT2D eigenvalue weighted by molar-refractivity contribution is 4.91. The Hall–Kier alpha value is -1.62. The van der Waals surface area contributed by atoms with Gasteiger partial charge in [0, 0.05) is 13.6 Å². The summed E-state index contributed by atoms with van der Waals surface area (Å²) in [5, 5.41) is 18.1. The van der Waals surface area contributed by atoms with Crippen LogP contribution in [0.25, 0.3) is 0 Å². The van der Waals surface area contributed by atoms with Crippen LogP contribution in [-0.2, 0) is 13.6 Å². The summed E-state index contributed by atoms with van der Waals surface area (Å²) < 4.78 is 38.1. The summed E-state index contributed by atoms with van der Waals surface area (Å²) in [6.45, 7) is -0.308. The summed E-state index contributed by atoms with van der Waals surface area (Å²) in [6.07, 6.45) is -3.05. The van der Waals surface area contributed by atoms with Crippen LogP contribution in [0.2, 0.25) is 0 Å². The number of nitrogens with zero attached hydrogens (tertiary/aromatic N) is 4. The van der Waals surface area contributed by atoms with Gasteiger partial charge in [-0.1, -0.05) is 0 Å². The summed E-state index contributed by atoms with van der Waals surface area (Å²) in [7, 11) is 1.68. The molecule has 16 heavy (non-hydrogen) atoms. The van der Waals surface area contributed by atoms with E-state index in [1.165, 1.54) is 12.4 Å². The number of hydrogen-bond acceptors (Lipinski definition) is 4. The molecule has 1 aromatic rings. The molecule has 0 spiro atoms. The van der Waals surface area contributed by atoms with E-state index in [9.17, 15) is 13.2 Å². The smallest absolute Gasteiger partial charge is 0.320 e. The molecular formula is C8H10F3N5. The molecule has 0 fully saturated rings. The first-order valence-electron chi connectivity index (χ1n) is 4.45. The number of nitriles is 1. The molecule has 0 aromatic carbocycles. The van der Waals surface area contributed by atoms with Crippen molar-refractivity contribution in [1.29, 1.82) is 5.26 Å². The van der Waals surface area contributed by atoms with Gasteiger partial charge in [0.1, 0.15) is 12.2 Å². The monoisotopic (exact) mass is 233 g/mol. The number of aromatic nitrogens is 3. The lowest BCUT2D eigenvalue weighted by atomic mass is 10.1. The first-order chi connectivity index (χ1) is 7.45. The van der Waals surface area contributed by atoms with Crippen LogP contribution in [0.15, 0.2) is 6.33 Å². The molecule has 0 aliphatic heterocycles. The molecule has 1 aromatic heterocycles. The molecular weight excluding hydrogens is 223 g/mol. The fraction of sp³-hybridized carbons (Fsp3) is 0.625. The van der Waals surface area contributed by atoms with Crippen molar-refractivity contribution in [3.63, 3.8) is 0 Å². The molecule has 1 heterocycles. The van der Waals surface area contributed by atoms with E-state index in [1.54, 1.807) is 11.6 Å². The van der Waals surface area contributed by atoms with Gasteiger partial charge in [-0.3, -0.25) is 0 Å². The van der Waals surface area contributed by atoms with Crippen LogP contribution in [0, 0.1) is 17.2 Å². The molecule has 0 saturated heterocycles. The number of halogens is 3. The Morgan fingerprint density at radius 2 is 2.31 bits per heavy atom. The maximum Gasteiger partial charge on any atom is 0.405 e. The number of nitrogens with one attached hydrogen (secondary N) is 1. The van der Waals surface area contributed by atoms with Gasteiger partial charge in [-0.05, 0) is 0 Å². The van der Waals surface area contributed by atoms with E-state index >= 15 is 0 Å². The van der Waals surface area contributed by atoms with Crippen molar-refractivity contribution in [2.75, 3.05) is 6.54 Å². The maximum absolute atomic E-state index is 12.2. The number of alkyl halides is 3. The van der Waals surface area contributed by atoms with Gasteiger partial charge in [-0.2, -0.15) is 18.4 Å². The summed E-state index contributed by atoms with van der Waals surface area (Å²) in [5.74, 6) is -1.49. The first-order valence-corrected chi connectivity index (χ1v) is 4.45. The topological polar surface area (TPSA) is 66.5 Å². The molecule has 0 amide bonds. The van der Waals surface area contributed by atoms with Crippen LogP contribution >= 0.6 is 0 Å². The number of aryl methyl sites for hydroxylation is 1. The Kier molecular flexibility index (Phi) is 3.84. The Labute approximate surface area is 89.9 Å². The lowest BCUT2D eigenvalue weighted by Gasteiger charge is -2.13. The van der Waals surface area contributed by atoms with Crippen LogP contribution in [-0.4, -0.2) is 27.5 Å². The van der Waals surface area contributed by atoms with Crippen LogP contribution in [0.3, 0.4) is 0 Å². The SMILES string of the molecule is Cn1cnnc1CNCC(C#N)C(F)(F)F. The van der Waals surface area contributed by atoms with Gasteiger partial charge in [-0.25, -0.2) is 0 Å². The maximum atomic E-state index is 12.2. The second kappa shape index (κ2) is 4.94. The van der Waals surface area contributed by atoms with Gasteiger partial charge < -0.3 is 9.88 Å². The molecule has 0 bridgehead atoms. The van der Waals surface area contributed by atoms with Gasteiger partial charge in [0.2, 0.25) is 0 Å². The van der Waals surface area contributed by atoms with Gasteiger partial charge in [0.15, 0.2) is 5.92 Å². The van der Waals surface area contributed by atoms with Crippen LogP contribution in [0.5, 0.6) is 0 Å². The highest BCUT2D eigenvalue weighted by Crippen LogP contribution is 2.24. The first kappa shape index (κ1) is 12.4. The molecule has 8 heteroatoms. The summed E-state index contributed by atoms with van der Waals surface area (Å²) in [5.41, 5.74) is 0. The minimum atomic E-state index is -4.50. The van der Waals surface area contributed by atoms with E-state index in [0.29, 0.717) is 5.82 Å². The van der Waals surface area contributed by atoms with Gasteiger partial charge in [0.25, 0.3) is 0 Å². The Bertz CT molecular complexity index is 378. The zero-order valence-electron chi connectivity index (χ0n) is 8.49. The normalized spacial score (nSPS) is 13.4. The fourth-order valence-corrected chi connectivity index (χ4v) is 1.03. The standard InChI is InChI=1S/C8H10F3N5/c1-16-5-14-15-7(16)4-13-3-6(2-12)8(9,10)11/h5-6,13H,3-4H2,1H3. The summed E-state index contributed by atoms with van der Waals surface area (Å²) in [4.78, 5) is 0. The molecule has 88 valence electrons. The van der Waals surface area contributed by atoms with Gasteiger partial charge >= 0.3 is 6.18 Å². The molecule has 1 unspecified atom stereocenters. The van der Waals surface area contributed by atoms with Crippen LogP contribution in [0.1, 0.15) is 5.82 Å². The van der Waals surface area contributed by atoms with Crippen LogP contribution in [0.4, 0.5) is 13.2 Å². The predicted molar refractivity (Wildman–Crippen MR) is 47.9 cm³/mol. The van der Waals surface area contributed by atoms with Crippen molar-refractivity contribution in [1.82, 2.24) is 20.1 Å². The fourth-order valence-electron chi connectivity index (χ4n) is 1.03. The highest BCUT2D eigenvalue weighted by atomic mass is 19.4.